The van der Waals surface area contributed by atoms with E-state index in [1.807, 2.05) is 0 Å². The van der Waals surface area contributed by atoms with Crippen LogP contribution in [0.4, 0.5) is 0 Å². The van der Waals surface area contributed by atoms with E-state index in [0.29, 0.717) is 6.08 Å². The van der Waals surface area contributed by atoms with Crippen molar-refractivity contribution in [3.8, 4) is 0 Å². The van der Waals surface area contributed by atoms with E-state index in [9.17, 15) is 9.59 Å². The Hall–Kier alpha value is -1.40. The van der Waals surface area contributed by atoms with E-state index in [4.69, 9.17) is 14.6 Å². The van der Waals surface area contributed by atoms with Crippen molar-refractivity contribution in [3.63, 3.8) is 0 Å². The van der Waals surface area contributed by atoms with Crippen molar-refractivity contribution in [3.05, 3.63) is 12.2 Å². The highest BCUT2D eigenvalue weighted by Gasteiger charge is 2.07. The molecule has 0 aromatic carbocycles. The van der Waals surface area contributed by atoms with Crippen LogP contribution in [0.5, 0.6) is 0 Å². The lowest BCUT2D eigenvalue weighted by Crippen LogP contribution is -2.21. The van der Waals surface area contributed by atoms with Crippen LogP contribution in [0.2, 0.25) is 0 Å². The van der Waals surface area contributed by atoms with Crippen molar-refractivity contribution in [2.75, 3.05) is 20.8 Å². The molecule has 0 aliphatic heterocycles. The smallest absolute Gasteiger partial charge is 0.331 e. The Labute approximate surface area is 81.1 Å². The van der Waals surface area contributed by atoms with Crippen LogP contribution in [0, 0.1) is 0 Å². The van der Waals surface area contributed by atoms with Crippen molar-refractivity contribution in [2.45, 2.75) is 6.29 Å². The quantitative estimate of drug-likeness (QED) is 0.366. The van der Waals surface area contributed by atoms with Crippen LogP contribution in [-0.4, -0.2) is 44.2 Å². The Kier molecular flexibility index (Phi) is 6.34. The van der Waals surface area contributed by atoms with E-state index in [1.54, 1.807) is 0 Å². The molecule has 80 valence electrons. The number of hydrogen-bond donors (Lipinski definition) is 1. The van der Waals surface area contributed by atoms with Crippen LogP contribution >= 0.6 is 0 Å². The summed E-state index contributed by atoms with van der Waals surface area (Å²) in [4.78, 5) is 20.8. The summed E-state index contributed by atoms with van der Waals surface area (Å²) in [6, 6.07) is 0. The first-order valence-electron chi connectivity index (χ1n) is 3.73. The van der Waals surface area contributed by atoms with Gasteiger partial charge in [0.15, 0.2) is 6.29 Å². The third kappa shape index (κ3) is 6.15. The molecule has 0 saturated heterocycles. The second-order valence-corrected chi connectivity index (χ2v) is 2.20. The van der Waals surface area contributed by atoms with Crippen LogP contribution < -0.4 is 0 Å². The molecule has 0 amide bonds. The predicted octanol–water partition coefficient (Wildman–Crippen LogP) is -0.211. The number of aliphatic carboxylic acids is 1. The first-order valence-corrected chi connectivity index (χ1v) is 3.73. The van der Waals surface area contributed by atoms with Gasteiger partial charge >= 0.3 is 11.9 Å². The molecule has 0 fully saturated rings. The van der Waals surface area contributed by atoms with Crippen LogP contribution in [0.1, 0.15) is 0 Å². The summed E-state index contributed by atoms with van der Waals surface area (Å²) >= 11 is 0. The Morgan fingerprint density at radius 3 is 2.29 bits per heavy atom. The van der Waals surface area contributed by atoms with Gasteiger partial charge < -0.3 is 19.3 Å². The van der Waals surface area contributed by atoms with Gasteiger partial charge in [0.25, 0.3) is 0 Å². The number of carboxylic acid groups (broad SMARTS) is 1. The van der Waals surface area contributed by atoms with Gasteiger partial charge in [-0.25, -0.2) is 9.59 Å². The maximum atomic E-state index is 10.8. The molecule has 0 aromatic rings. The van der Waals surface area contributed by atoms with Gasteiger partial charge in [0, 0.05) is 26.4 Å². The predicted molar refractivity (Wildman–Crippen MR) is 45.5 cm³/mol. The molecule has 0 saturated carbocycles. The van der Waals surface area contributed by atoms with Crippen LogP contribution in [0.3, 0.4) is 0 Å². The molecule has 0 bridgehead atoms. The summed E-state index contributed by atoms with van der Waals surface area (Å²) in [5.74, 6) is -1.97. The Balaban J connectivity index is 3.78. The molecule has 14 heavy (non-hydrogen) atoms. The van der Waals surface area contributed by atoms with Gasteiger partial charge in [0.1, 0.15) is 6.61 Å². The van der Waals surface area contributed by atoms with E-state index in [1.165, 1.54) is 14.2 Å². The van der Waals surface area contributed by atoms with Gasteiger partial charge in [-0.3, -0.25) is 0 Å². The van der Waals surface area contributed by atoms with Crippen molar-refractivity contribution in [1.82, 2.24) is 0 Å². The summed E-state index contributed by atoms with van der Waals surface area (Å²) < 4.78 is 14.1. The monoisotopic (exact) mass is 204 g/mol. The number of methoxy groups -OCH3 is 2. The Morgan fingerprint density at radius 2 is 1.86 bits per heavy atom. The third-order valence-electron chi connectivity index (χ3n) is 1.25. The van der Waals surface area contributed by atoms with Crippen molar-refractivity contribution in [1.29, 1.82) is 0 Å². The lowest BCUT2D eigenvalue weighted by molar-refractivity contribution is -0.162. The second kappa shape index (κ2) is 7.05. The average molecular weight is 204 g/mol. The molecule has 0 aromatic heterocycles. The fraction of sp³-hybridized carbons (Fsp3) is 0.500. The number of carboxylic acids is 1. The van der Waals surface area contributed by atoms with Gasteiger partial charge in [-0.2, -0.15) is 0 Å². The molecule has 6 heteroatoms. The van der Waals surface area contributed by atoms with E-state index >= 15 is 0 Å². The number of carbonyl (C=O) groups is 2. The maximum Gasteiger partial charge on any atom is 0.331 e. The summed E-state index contributed by atoms with van der Waals surface area (Å²) in [6.45, 7) is -0.0875. The normalized spacial score (nSPS) is 10.8. The van der Waals surface area contributed by atoms with E-state index < -0.39 is 18.2 Å². The Morgan fingerprint density at radius 1 is 1.29 bits per heavy atom. The largest absolute Gasteiger partial charge is 0.478 e. The molecule has 0 rings (SSSR count). The van der Waals surface area contributed by atoms with Gasteiger partial charge in [-0.15, -0.1) is 0 Å². The first kappa shape index (κ1) is 12.6. The summed E-state index contributed by atoms with van der Waals surface area (Å²) in [5.41, 5.74) is 0. The van der Waals surface area contributed by atoms with E-state index in [-0.39, 0.29) is 6.61 Å². The zero-order valence-corrected chi connectivity index (χ0v) is 7.93. The third-order valence-corrected chi connectivity index (χ3v) is 1.25. The van der Waals surface area contributed by atoms with Crippen molar-refractivity contribution < 1.29 is 28.9 Å². The lowest BCUT2D eigenvalue weighted by atomic mass is 10.5. The van der Waals surface area contributed by atoms with Crippen molar-refractivity contribution in [2.24, 2.45) is 0 Å². The molecule has 0 unspecified atom stereocenters. The van der Waals surface area contributed by atoms with Crippen LogP contribution in [-0.2, 0) is 23.8 Å². The molecule has 1 N–H and O–H groups in total. The number of esters is 1. The summed E-state index contributed by atoms with van der Waals surface area (Å²) in [7, 11) is 2.80. The highest BCUT2D eigenvalue weighted by Crippen LogP contribution is 1.92. The Bertz CT molecular complexity index is 218. The number of rotatable bonds is 6. The minimum Gasteiger partial charge on any atom is -0.478 e. The maximum absolute atomic E-state index is 10.8. The molecule has 0 heterocycles. The summed E-state index contributed by atoms with van der Waals surface area (Å²) in [6.07, 6.45) is 0.860. The first-order chi connectivity index (χ1) is 6.60. The fourth-order valence-corrected chi connectivity index (χ4v) is 0.570. The second-order valence-electron chi connectivity index (χ2n) is 2.20. The minimum atomic E-state index is -1.21. The minimum absolute atomic E-state index is 0.0875. The lowest BCUT2D eigenvalue weighted by Gasteiger charge is -2.12. The highest BCUT2D eigenvalue weighted by molar-refractivity contribution is 5.90. The topological polar surface area (TPSA) is 82.1 Å². The zero-order chi connectivity index (χ0) is 11.0. The SMILES string of the molecule is COC(COC(=O)/C=C\C(=O)O)OC. The molecule has 0 radical (unpaired) electrons. The highest BCUT2D eigenvalue weighted by atomic mass is 16.7. The molecule has 0 spiro atoms. The average Bonchev–Trinajstić information content (AvgIpc) is 2.16. The van der Waals surface area contributed by atoms with Crippen LogP contribution in [0.15, 0.2) is 12.2 Å². The molecule has 6 nitrogen and oxygen atoms in total. The standard InChI is InChI=1S/C8H12O6/c1-12-8(13-2)5-14-7(11)4-3-6(9)10/h3-4,8H,5H2,1-2H3,(H,9,10)/b4-3-. The van der Waals surface area contributed by atoms with Crippen LogP contribution in [0.25, 0.3) is 0 Å². The zero-order valence-electron chi connectivity index (χ0n) is 7.93. The van der Waals surface area contributed by atoms with E-state index in [0.717, 1.165) is 6.08 Å². The van der Waals surface area contributed by atoms with Gasteiger partial charge in [-0.1, -0.05) is 0 Å². The van der Waals surface area contributed by atoms with E-state index in [2.05, 4.69) is 4.74 Å². The molecule has 0 aliphatic carbocycles. The number of ether oxygens (including phenoxy) is 3. The molecular formula is C8H12O6. The molecular weight excluding hydrogens is 192 g/mol. The number of hydrogen-bond acceptors (Lipinski definition) is 5. The molecule has 0 aliphatic rings. The van der Waals surface area contributed by atoms with Gasteiger partial charge in [-0.05, 0) is 0 Å². The van der Waals surface area contributed by atoms with Gasteiger partial charge in [0.2, 0.25) is 0 Å². The molecule has 0 atom stereocenters. The number of carbonyl (C=O) groups excluding carboxylic acids is 1. The van der Waals surface area contributed by atoms with Crippen molar-refractivity contribution >= 4 is 11.9 Å². The van der Waals surface area contributed by atoms with Gasteiger partial charge in [0.05, 0.1) is 0 Å². The fourth-order valence-electron chi connectivity index (χ4n) is 0.570. The summed E-state index contributed by atoms with van der Waals surface area (Å²) in [5, 5.41) is 8.19.